The Kier molecular flexibility index (Phi) is 3.33. The average Bonchev–Trinajstić information content (AvgIpc) is 2.66. The quantitative estimate of drug-likeness (QED) is 0.785. The average molecular weight is 287 g/mol. The first kappa shape index (κ1) is 13.6. The van der Waals surface area contributed by atoms with Crippen molar-refractivity contribution in [2.24, 2.45) is 0 Å². The van der Waals surface area contributed by atoms with Crippen molar-refractivity contribution in [2.45, 2.75) is 18.3 Å². The molecule has 0 aliphatic carbocycles. The van der Waals surface area contributed by atoms with Gasteiger partial charge in [-0.05, 0) is 19.2 Å². The first-order valence-corrected chi connectivity index (χ1v) is 6.53. The Morgan fingerprint density at radius 3 is 2.70 bits per heavy atom. The zero-order valence-corrected chi connectivity index (χ0v) is 11.1. The molecular weight excluding hydrogens is 271 g/mol. The van der Waals surface area contributed by atoms with Crippen molar-refractivity contribution >= 4 is 5.69 Å². The summed E-state index contributed by atoms with van der Waals surface area (Å²) in [4.78, 5) is 7.83. The molecule has 4 rings (SSSR count). The van der Waals surface area contributed by atoms with Gasteiger partial charge in [0.1, 0.15) is 5.69 Å². The highest BCUT2D eigenvalue weighted by atomic mass is 19.4. The molecule has 3 saturated heterocycles. The number of rotatable bonds is 1. The second-order valence-corrected chi connectivity index (χ2v) is 5.38. The highest BCUT2D eigenvalue weighted by molar-refractivity contribution is 5.47. The molecule has 1 aromatic rings. The van der Waals surface area contributed by atoms with Crippen LogP contribution in [0, 0.1) is 0 Å². The van der Waals surface area contributed by atoms with Crippen LogP contribution in [0.4, 0.5) is 18.9 Å². The van der Waals surface area contributed by atoms with Gasteiger partial charge in [0.25, 0.3) is 0 Å². The maximum Gasteiger partial charge on any atom is 0.433 e. The molecule has 2 atom stereocenters. The largest absolute Gasteiger partial charge is 0.433 e. The SMILES string of the molecule is CN1CC2CN(c3ccc(C(F)(F)F)nc3)C(CO2)C1. The Bertz CT molecular complexity index is 477. The summed E-state index contributed by atoms with van der Waals surface area (Å²) in [5.74, 6) is 0. The van der Waals surface area contributed by atoms with Gasteiger partial charge < -0.3 is 14.5 Å². The number of anilines is 1. The van der Waals surface area contributed by atoms with Gasteiger partial charge in [0.05, 0.1) is 30.6 Å². The van der Waals surface area contributed by atoms with Gasteiger partial charge in [-0.3, -0.25) is 0 Å². The minimum atomic E-state index is -4.39. The Balaban J connectivity index is 1.82. The summed E-state index contributed by atoms with van der Waals surface area (Å²) in [6.45, 7) is 3.00. The molecule has 0 saturated carbocycles. The van der Waals surface area contributed by atoms with E-state index in [2.05, 4.69) is 14.8 Å². The lowest BCUT2D eigenvalue weighted by Crippen LogP contribution is -2.49. The minimum Gasteiger partial charge on any atom is -0.373 e. The van der Waals surface area contributed by atoms with Gasteiger partial charge in [0, 0.05) is 19.6 Å². The molecule has 0 aromatic carbocycles. The maximum absolute atomic E-state index is 12.5. The van der Waals surface area contributed by atoms with E-state index in [0.717, 1.165) is 24.8 Å². The number of likely N-dealkylation sites (N-methyl/N-ethyl adjacent to an activating group) is 1. The van der Waals surface area contributed by atoms with E-state index in [0.29, 0.717) is 13.2 Å². The van der Waals surface area contributed by atoms with Crippen molar-refractivity contribution < 1.29 is 17.9 Å². The summed E-state index contributed by atoms with van der Waals surface area (Å²) in [5.41, 5.74) is -0.124. The zero-order valence-electron chi connectivity index (χ0n) is 11.1. The number of pyridine rings is 1. The van der Waals surface area contributed by atoms with Gasteiger partial charge in [0.15, 0.2) is 0 Å². The molecule has 0 N–H and O–H groups in total. The van der Waals surface area contributed by atoms with E-state index in [1.54, 1.807) is 0 Å². The topological polar surface area (TPSA) is 28.6 Å². The molecule has 3 fully saturated rings. The van der Waals surface area contributed by atoms with Crippen molar-refractivity contribution in [3.63, 3.8) is 0 Å². The van der Waals surface area contributed by atoms with Crippen LogP contribution in [0.1, 0.15) is 5.69 Å². The molecular formula is C13H16F3N3O. The van der Waals surface area contributed by atoms with E-state index in [1.165, 1.54) is 12.3 Å². The lowest BCUT2D eigenvalue weighted by molar-refractivity contribution is -0.141. The summed E-state index contributed by atoms with van der Waals surface area (Å²) in [7, 11) is 2.03. The van der Waals surface area contributed by atoms with Crippen LogP contribution in [0.15, 0.2) is 18.3 Å². The fourth-order valence-electron chi connectivity index (χ4n) is 2.84. The van der Waals surface area contributed by atoms with Crippen LogP contribution in [-0.4, -0.2) is 55.3 Å². The Hall–Kier alpha value is -1.34. The van der Waals surface area contributed by atoms with E-state index < -0.39 is 11.9 Å². The van der Waals surface area contributed by atoms with Gasteiger partial charge in [-0.25, -0.2) is 4.98 Å². The zero-order chi connectivity index (χ0) is 14.3. The summed E-state index contributed by atoms with van der Waals surface area (Å²) in [6, 6.07) is 2.70. The summed E-state index contributed by atoms with van der Waals surface area (Å²) >= 11 is 0. The molecule has 4 nitrogen and oxygen atoms in total. The second-order valence-electron chi connectivity index (χ2n) is 5.38. The van der Waals surface area contributed by atoms with E-state index in [4.69, 9.17) is 4.74 Å². The van der Waals surface area contributed by atoms with Gasteiger partial charge in [-0.2, -0.15) is 13.2 Å². The molecule has 2 unspecified atom stereocenters. The molecule has 110 valence electrons. The highest BCUT2D eigenvalue weighted by Crippen LogP contribution is 2.30. The normalized spacial score (nSPS) is 27.7. The number of fused-ring (bicyclic) bond motifs is 4. The monoisotopic (exact) mass is 287 g/mol. The molecule has 20 heavy (non-hydrogen) atoms. The summed E-state index contributed by atoms with van der Waals surface area (Å²) < 4.78 is 43.3. The van der Waals surface area contributed by atoms with Crippen LogP contribution in [0.5, 0.6) is 0 Å². The van der Waals surface area contributed by atoms with Gasteiger partial charge in [0.2, 0.25) is 0 Å². The second kappa shape index (κ2) is 4.89. The van der Waals surface area contributed by atoms with Crippen molar-refractivity contribution in [3.8, 4) is 0 Å². The number of halogens is 3. The Morgan fingerprint density at radius 2 is 2.05 bits per heavy atom. The van der Waals surface area contributed by atoms with E-state index in [-0.39, 0.29) is 12.1 Å². The molecule has 0 amide bonds. The van der Waals surface area contributed by atoms with Gasteiger partial charge in [-0.1, -0.05) is 0 Å². The third-order valence-electron chi connectivity index (χ3n) is 3.77. The Morgan fingerprint density at radius 1 is 1.25 bits per heavy atom. The number of morpholine rings is 1. The molecule has 1 aromatic heterocycles. The molecule has 0 radical (unpaired) electrons. The van der Waals surface area contributed by atoms with Crippen molar-refractivity contribution in [2.75, 3.05) is 38.2 Å². The van der Waals surface area contributed by atoms with Crippen LogP contribution in [0.25, 0.3) is 0 Å². The maximum atomic E-state index is 12.5. The fraction of sp³-hybridized carbons (Fsp3) is 0.615. The third-order valence-corrected chi connectivity index (χ3v) is 3.77. The molecule has 2 bridgehead atoms. The van der Waals surface area contributed by atoms with Crippen LogP contribution in [0.2, 0.25) is 0 Å². The van der Waals surface area contributed by atoms with Gasteiger partial charge >= 0.3 is 6.18 Å². The van der Waals surface area contributed by atoms with E-state index in [1.807, 2.05) is 7.05 Å². The number of nitrogens with zero attached hydrogens (tertiary/aromatic N) is 3. The third kappa shape index (κ3) is 2.60. The van der Waals surface area contributed by atoms with Crippen molar-refractivity contribution in [1.82, 2.24) is 9.88 Å². The van der Waals surface area contributed by atoms with Crippen LogP contribution in [-0.2, 0) is 10.9 Å². The predicted molar refractivity (Wildman–Crippen MR) is 67.6 cm³/mol. The lowest BCUT2D eigenvalue weighted by atomic mass is 10.2. The summed E-state index contributed by atoms with van der Waals surface area (Å²) in [5, 5.41) is 0. The van der Waals surface area contributed by atoms with E-state index in [9.17, 15) is 13.2 Å². The smallest absolute Gasteiger partial charge is 0.373 e. The molecule has 4 heterocycles. The first-order valence-electron chi connectivity index (χ1n) is 6.53. The van der Waals surface area contributed by atoms with Gasteiger partial charge in [-0.15, -0.1) is 0 Å². The molecule has 3 aliphatic heterocycles. The van der Waals surface area contributed by atoms with E-state index >= 15 is 0 Å². The number of aromatic nitrogens is 1. The van der Waals surface area contributed by atoms with Crippen LogP contribution >= 0.6 is 0 Å². The van der Waals surface area contributed by atoms with Crippen LogP contribution in [0.3, 0.4) is 0 Å². The highest BCUT2D eigenvalue weighted by Gasteiger charge is 2.36. The lowest BCUT2D eigenvalue weighted by Gasteiger charge is -2.37. The fourth-order valence-corrected chi connectivity index (χ4v) is 2.84. The number of hydrogen-bond donors (Lipinski definition) is 0. The number of ether oxygens (including phenoxy) is 1. The molecule has 3 aliphatic rings. The molecule has 7 heteroatoms. The Labute approximate surface area is 115 Å². The van der Waals surface area contributed by atoms with Crippen molar-refractivity contribution in [3.05, 3.63) is 24.0 Å². The number of hydrogen-bond acceptors (Lipinski definition) is 4. The molecule has 0 spiro atoms. The first-order chi connectivity index (χ1) is 9.43. The van der Waals surface area contributed by atoms with Crippen molar-refractivity contribution in [1.29, 1.82) is 0 Å². The standard InChI is InChI=1S/C13H16F3N3O/c1-18-5-10-8-20-11(6-18)7-19(10)9-2-3-12(17-4-9)13(14,15)16/h2-4,10-11H,5-8H2,1H3. The number of alkyl halides is 3. The summed E-state index contributed by atoms with van der Waals surface area (Å²) in [6.07, 6.45) is -2.98. The van der Waals surface area contributed by atoms with Crippen LogP contribution < -0.4 is 4.90 Å². The predicted octanol–water partition coefficient (Wildman–Crippen LogP) is 1.62. The minimum absolute atomic E-state index is 0.0982.